The Morgan fingerprint density at radius 2 is 1.94 bits per heavy atom. The Labute approximate surface area is 97.3 Å². The molecule has 16 heavy (non-hydrogen) atoms. The van der Waals surface area contributed by atoms with E-state index in [0.717, 1.165) is 29.0 Å². The fourth-order valence-electron chi connectivity index (χ4n) is 1.55. The van der Waals surface area contributed by atoms with Crippen molar-refractivity contribution in [1.82, 2.24) is 15.0 Å². The molecule has 0 saturated carbocycles. The van der Waals surface area contributed by atoms with Crippen molar-refractivity contribution in [3.63, 3.8) is 0 Å². The molecule has 0 aliphatic carbocycles. The molecule has 2 aromatic rings. The number of hydrogen-bond donors (Lipinski definition) is 1. The average Bonchev–Trinajstić information content (AvgIpc) is 2.78. The van der Waals surface area contributed by atoms with Gasteiger partial charge in [0.05, 0.1) is 5.69 Å². The smallest absolute Gasteiger partial charge is 0.141 e. The lowest BCUT2D eigenvalue weighted by Crippen LogP contribution is -2.01. The van der Waals surface area contributed by atoms with Gasteiger partial charge in [-0.25, -0.2) is 9.97 Å². The zero-order valence-corrected chi connectivity index (χ0v) is 10.8. The highest BCUT2D eigenvalue weighted by Gasteiger charge is 2.09. The van der Waals surface area contributed by atoms with Crippen molar-refractivity contribution in [2.45, 2.75) is 47.0 Å². The van der Waals surface area contributed by atoms with Gasteiger partial charge in [0.2, 0.25) is 0 Å². The lowest BCUT2D eigenvalue weighted by molar-refractivity contribution is 0.768. The zero-order valence-electron chi connectivity index (χ0n) is 10.8. The third-order valence-electron chi connectivity index (χ3n) is 2.36. The average molecular weight is 219 g/mol. The molecule has 0 fully saturated rings. The lowest BCUT2D eigenvalue weighted by atomic mass is 10.2. The predicted molar refractivity (Wildman–Crippen MR) is 68.7 cm³/mol. The Morgan fingerprint density at radius 1 is 1.25 bits per heavy atom. The number of rotatable bonds is 2. The maximum absolute atomic E-state index is 4.56. The van der Waals surface area contributed by atoms with E-state index < -0.39 is 0 Å². The van der Waals surface area contributed by atoms with E-state index in [-0.39, 0.29) is 0 Å². The minimum absolute atomic E-state index is 0.382. The minimum Gasteiger partial charge on any atom is -0.346 e. The minimum atomic E-state index is 0.382. The summed E-state index contributed by atoms with van der Waals surface area (Å²) in [6.07, 6.45) is 2.87. The topological polar surface area (TPSA) is 41.6 Å². The second-order valence-electron chi connectivity index (χ2n) is 3.78. The number of aryl methyl sites for hydroxylation is 1. The first kappa shape index (κ1) is 12.7. The molecule has 2 rings (SSSR count). The molecule has 0 aliphatic rings. The van der Waals surface area contributed by atoms with Crippen LogP contribution in [0.1, 0.15) is 52.1 Å². The second-order valence-corrected chi connectivity index (χ2v) is 3.78. The van der Waals surface area contributed by atoms with E-state index in [1.165, 1.54) is 0 Å². The van der Waals surface area contributed by atoms with Gasteiger partial charge in [0.15, 0.2) is 0 Å². The van der Waals surface area contributed by atoms with Gasteiger partial charge in [-0.15, -0.1) is 0 Å². The van der Waals surface area contributed by atoms with Crippen molar-refractivity contribution in [3.8, 4) is 0 Å². The Bertz CT molecular complexity index is 443. The van der Waals surface area contributed by atoms with Crippen molar-refractivity contribution >= 4 is 11.0 Å². The molecule has 3 nitrogen and oxygen atoms in total. The molecule has 0 bridgehead atoms. The Morgan fingerprint density at radius 3 is 2.50 bits per heavy atom. The molecule has 0 radical (unpaired) electrons. The van der Waals surface area contributed by atoms with Gasteiger partial charge in [-0.2, -0.15) is 0 Å². The molecular formula is C13H21N3. The van der Waals surface area contributed by atoms with E-state index in [0.29, 0.717) is 5.92 Å². The fraction of sp³-hybridized carbons (Fsp3) is 0.538. The molecule has 0 amide bonds. The SMILES string of the molecule is CC.CCc1nc(C(C)C)nc2[nH]ccc12. The lowest BCUT2D eigenvalue weighted by Gasteiger charge is -2.06. The van der Waals surface area contributed by atoms with Crippen molar-refractivity contribution in [2.24, 2.45) is 0 Å². The number of hydrogen-bond acceptors (Lipinski definition) is 2. The van der Waals surface area contributed by atoms with Crippen LogP contribution < -0.4 is 0 Å². The van der Waals surface area contributed by atoms with Crippen LogP contribution in [0.15, 0.2) is 12.3 Å². The summed E-state index contributed by atoms with van der Waals surface area (Å²) in [5.41, 5.74) is 2.10. The van der Waals surface area contributed by atoms with Gasteiger partial charge in [0, 0.05) is 17.5 Å². The van der Waals surface area contributed by atoms with Crippen molar-refractivity contribution < 1.29 is 0 Å². The summed E-state index contributed by atoms with van der Waals surface area (Å²) in [7, 11) is 0. The van der Waals surface area contributed by atoms with E-state index in [2.05, 4.69) is 35.7 Å². The highest BCUT2D eigenvalue weighted by atomic mass is 15.0. The normalized spacial score (nSPS) is 10.4. The third-order valence-corrected chi connectivity index (χ3v) is 2.36. The van der Waals surface area contributed by atoms with Gasteiger partial charge in [0.1, 0.15) is 11.5 Å². The Hall–Kier alpha value is -1.38. The predicted octanol–water partition coefficient (Wildman–Crippen LogP) is 3.67. The van der Waals surface area contributed by atoms with Gasteiger partial charge in [-0.3, -0.25) is 0 Å². The summed E-state index contributed by atoms with van der Waals surface area (Å²) in [6.45, 7) is 10.4. The Kier molecular flexibility index (Phi) is 4.47. The van der Waals surface area contributed by atoms with Crippen LogP contribution in [0.5, 0.6) is 0 Å². The van der Waals surface area contributed by atoms with Crippen molar-refractivity contribution in [2.75, 3.05) is 0 Å². The maximum atomic E-state index is 4.56. The summed E-state index contributed by atoms with van der Waals surface area (Å²) >= 11 is 0. The number of H-pyrrole nitrogens is 1. The first-order valence-corrected chi connectivity index (χ1v) is 6.06. The molecule has 1 N–H and O–H groups in total. The maximum Gasteiger partial charge on any atom is 0.141 e. The van der Waals surface area contributed by atoms with Crippen LogP contribution in [0.4, 0.5) is 0 Å². The van der Waals surface area contributed by atoms with E-state index in [9.17, 15) is 0 Å². The molecular weight excluding hydrogens is 198 g/mol. The summed E-state index contributed by atoms with van der Waals surface area (Å²) in [5, 5.41) is 1.15. The number of aromatic amines is 1. The van der Waals surface area contributed by atoms with Gasteiger partial charge in [-0.1, -0.05) is 34.6 Å². The first-order chi connectivity index (χ1) is 7.72. The van der Waals surface area contributed by atoms with Gasteiger partial charge >= 0.3 is 0 Å². The first-order valence-electron chi connectivity index (χ1n) is 6.06. The Balaban J connectivity index is 0.000000606. The molecule has 0 spiro atoms. The second kappa shape index (κ2) is 5.64. The number of aromatic nitrogens is 3. The highest BCUT2D eigenvalue weighted by Crippen LogP contribution is 2.18. The van der Waals surface area contributed by atoms with Crippen LogP contribution in [0.3, 0.4) is 0 Å². The largest absolute Gasteiger partial charge is 0.346 e. The van der Waals surface area contributed by atoms with Gasteiger partial charge < -0.3 is 4.98 Å². The van der Waals surface area contributed by atoms with Crippen LogP contribution in [0.2, 0.25) is 0 Å². The fourth-order valence-corrected chi connectivity index (χ4v) is 1.55. The summed E-state index contributed by atoms with van der Waals surface area (Å²) in [4.78, 5) is 12.2. The van der Waals surface area contributed by atoms with E-state index >= 15 is 0 Å². The molecule has 3 heteroatoms. The zero-order chi connectivity index (χ0) is 12.1. The molecule has 0 unspecified atom stereocenters. The van der Waals surface area contributed by atoms with Crippen LogP contribution in [0.25, 0.3) is 11.0 Å². The molecule has 0 atom stereocenters. The summed E-state index contributed by atoms with van der Waals surface area (Å²) in [5.74, 6) is 1.31. The number of fused-ring (bicyclic) bond motifs is 1. The van der Waals surface area contributed by atoms with Gasteiger partial charge in [-0.05, 0) is 12.5 Å². The van der Waals surface area contributed by atoms with Crippen LogP contribution in [0, 0.1) is 0 Å². The number of nitrogens with zero attached hydrogens (tertiary/aromatic N) is 2. The molecule has 0 aliphatic heterocycles. The molecule has 2 aromatic heterocycles. The molecule has 0 aromatic carbocycles. The van der Waals surface area contributed by atoms with E-state index in [1.54, 1.807) is 0 Å². The third kappa shape index (κ3) is 2.40. The van der Waals surface area contributed by atoms with E-state index in [1.807, 2.05) is 26.1 Å². The van der Waals surface area contributed by atoms with Crippen LogP contribution in [-0.2, 0) is 6.42 Å². The molecule has 2 heterocycles. The van der Waals surface area contributed by atoms with Crippen LogP contribution >= 0.6 is 0 Å². The van der Waals surface area contributed by atoms with Crippen LogP contribution in [-0.4, -0.2) is 15.0 Å². The molecule has 0 saturated heterocycles. The summed E-state index contributed by atoms with van der Waals surface area (Å²) in [6, 6.07) is 2.04. The monoisotopic (exact) mass is 219 g/mol. The molecule has 88 valence electrons. The summed E-state index contributed by atoms with van der Waals surface area (Å²) < 4.78 is 0. The number of nitrogens with one attached hydrogen (secondary N) is 1. The highest BCUT2D eigenvalue weighted by molar-refractivity contribution is 5.77. The van der Waals surface area contributed by atoms with E-state index in [4.69, 9.17) is 0 Å². The van der Waals surface area contributed by atoms with Crippen molar-refractivity contribution in [1.29, 1.82) is 0 Å². The standard InChI is InChI=1S/C11H15N3.C2H6/c1-4-9-8-5-6-12-11(8)14-10(13-9)7(2)3;1-2/h5-7H,4H2,1-3H3,(H,12,13,14);1-2H3. The van der Waals surface area contributed by atoms with Crippen molar-refractivity contribution in [3.05, 3.63) is 23.8 Å². The quantitative estimate of drug-likeness (QED) is 0.837. The van der Waals surface area contributed by atoms with Gasteiger partial charge in [0.25, 0.3) is 0 Å².